The van der Waals surface area contributed by atoms with Crippen LogP contribution < -0.4 is 0 Å². The monoisotopic (exact) mass is 312 g/mol. The molecule has 2 saturated heterocycles. The second kappa shape index (κ2) is 6.64. The van der Waals surface area contributed by atoms with E-state index in [0.717, 1.165) is 11.3 Å². The van der Waals surface area contributed by atoms with E-state index in [4.69, 9.17) is 14.2 Å². The van der Waals surface area contributed by atoms with E-state index >= 15 is 0 Å². The van der Waals surface area contributed by atoms with Crippen LogP contribution in [-0.2, 0) is 14.2 Å². The number of ether oxygens (including phenoxy) is 3. The van der Waals surface area contributed by atoms with E-state index in [2.05, 4.69) is 0 Å². The lowest BCUT2D eigenvalue weighted by molar-refractivity contribution is -0.318. The first-order chi connectivity index (χ1) is 10.2. The summed E-state index contributed by atoms with van der Waals surface area (Å²) in [6.07, 6.45) is -3.39. The van der Waals surface area contributed by atoms with E-state index in [9.17, 15) is 10.2 Å². The summed E-state index contributed by atoms with van der Waals surface area (Å²) in [6, 6.07) is 9.56. The van der Waals surface area contributed by atoms with Crippen molar-refractivity contribution in [1.29, 1.82) is 0 Å². The molecule has 3 rings (SSSR count). The Balaban J connectivity index is 1.71. The SMILES string of the molecule is CCSC1OC2COC(c3ccccc3)OC2C(O)C1O. The molecule has 2 N–H and O–H groups in total. The highest BCUT2D eigenvalue weighted by Gasteiger charge is 2.48. The van der Waals surface area contributed by atoms with E-state index in [0.29, 0.717) is 6.61 Å². The Morgan fingerprint density at radius 3 is 2.62 bits per heavy atom. The maximum atomic E-state index is 10.3. The van der Waals surface area contributed by atoms with Crippen molar-refractivity contribution in [3.8, 4) is 0 Å². The van der Waals surface area contributed by atoms with Gasteiger partial charge in [0, 0.05) is 5.56 Å². The normalized spacial score (nSPS) is 39.8. The Morgan fingerprint density at radius 1 is 1.14 bits per heavy atom. The third-order valence-corrected chi connectivity index (χ3v) is 4.79. The standard InChI is InChI=1S/C15H20O5S/c1-2-21-15-12(17)11(16)13-10(19-15)8-18-14(20-13)9-6-4-3-5-7-9/h3-7,10-17H,2,8H2,1H3. The fourth-order valence-electron chi connectivity index (χ4n) is 2.66. The van der Waals surface area contributed by atoms with Crippen LogP contribution in [0.15, 0.2) is 30.3 Å². The summed E-state index contributed by atoms with van der Waals surface area (Å²) < 4.78 is 17.3. The molecule has 1 aromatic carbocycles. The van der Waals surface area contributed by atoms with Gasteiger partial charge < -0.3 is 24.4 Å². The third-order valence-electron chi connectivity index (χ3n) is 3.74. The molecule has 0 saturated carbocycles. The summed E-state index contributed by atoms with van der Waals surface area (Å²) >= 11 is 1.47. The number of rotatable bonds is 3. The molecule has 2 aliphatic heterocycles. The molecule has 0 bridgehead atoms. The Labute approximate surface area is 128 Å². The lowest BCUT2D eigenvalue weighted by Crippen LogP contribution is -2.60. The van der Waals surface area contributed by atoms with Gasteiger partial charge in [0.05, 0.1) is 6.61 Å². The Bertz CT molecular complexity index is 455. The first-order valence-electron chi connectivity index (χ1n) is 7.16. The summed E-state index contributed by atoms with van der Waals surface area (Å²) in [5.41, 5.74) is 0.453. The highest BCUT2D eigenvalue weighted by Crippen LogP contribution is 2.36. The molecule has 6 atom stereocenters. The zero-order chi connectivity index (χ0) is 14.8. The zero-order valence-electron chi connectivity index (χ0n) is 11.8. The van der Waals surface area contributed by atoms with Crippen LogP contribution in [0.5, 0.6) is 0 Å². The van der Waals surface area contributed by atoms with Gasteiger partial charge in [-0.15, -0.1) is 11.8 Å². The quantitative estimate of drug-likeness (QED) is 0.877. The van der Waals surface area contributed by atoms with Gasteiger partial charge in [0.1, 0.15) is 29.9 Å². The van der Waals surface area contributed by atoms with Crippen molar-refractivity contribution < 1.29 is 24.4 Å². The summed E-state index contributed by atoms with van der Waals surface area (Å²) in [5, 5.41) is 20.5. The van der Waals surface area contributed by atoms with Crippen molar-refractivity contribution in [2.45, 2.75) is 43.1 Å². The average Bonchev–Trinajstić information content (AvgIpc) is 2.53. The van der Waals surface area contributed by atoms with Crippen molar-refractivity contribution in [3.63, 3.8) is 0 Å². The molecule has 0 aliphatic carbocycles. The number of fused-ring (bicyclic) bond motifs is 1. The van der Waals surface area contributed by atoms with Crippen LogP contribution in [-0.4, -0.2) is 52.4 Å². The lowest BCUT2D eigenvalue weighted by Gasteiger charge is -2.46. The molecule has 1 aromatic rings. The van der Waals surface area contributed by atoms with E-state index in [1.54, 1.807) is 0 Å². The molecule has 6 heteroatoms. The molecule has 0 aromatic heterocycles. The van der Waals surface area contributed by atoms with Gasteiger partial charge >= 0.3 is 0 Å². The maximum Gasteiger partial charge on any atom is 0.184 e. The molecule has 5 nitrogen and oxygen atoms in total. The van der Waals surface area contributed by atoms with Crippen LogP contribution >= 0.6 is 11.8 Å². The molecule has 21 heavy (non-hydrogen) atoms. The van der Waals surface area contributed by atoms with Crippen LogP contribution in [0, 0.1) is 0 Å². The van der Waals surface area contributed by atoms with Gasteiger partial charge in [0.25, 0.3) is 0 Å². The highest BCUT2D eigenvalue weighted by atomic mass is 32.2. The van der Waals surface area contributed by atoms with Gasteiger partial charge in [0.15, 0.2) is 6.29 Å². The fourth-order valence-corrected chi connectivity index (χ4v) is 3.57. The first-order valence-corrected chi connectivity index (χ1v) is 8.20. The van der Waals surface area contributed by atoms with Gasteiger partial charge in [-0.25, -0.2) is 0 Å². The highest BCUT2D eigenvalue weighted by molar-refractivity contribution is 7.99. The second-order valence-corrected chi connectivity index (χ2v) is 6.53. The average molecular weight is 312 g/mol. The summed E-state index contributed by atoms with van der Waals surface area (Å²) in [7, 11) is 0. The van der Waals surface area contributed by atoms with E-state index in [1.165, 1.54) is 11.8 Å². The minimum atomic E-state index is -0.970. The van der Waals surface area contributed by atoms with Crippen molar-refractivity contribution in [2.24, 2.45) is 0 Å². The van der Waals surface area contributed by atoms with Gasteiger partial charge in [-0.1, -0.05) is 37.3 Å². The maximum absolute atomic E-state index is 10.3. The van der Waals surface area contributed by atoms with E-state index < -0.39 is 30.0 Å². The van der Waals surface area contributed by atoms with E-state index in [-0.39, 0.29) is 6.10 Å². The molecule has 2 fully saturated rings. The third kappa shape index (κ3) is 3.11. The Kier molecular flexibility index (Phi) is 4.83. The fraction of sp³-hybridized carbons (Fsp3) is 0.600. The van der Waals surface area contributed by atoms with Crippen LogP contribution in [0.1, 0.15) is 18.8 Å². The van der Waals surface area contributed by atoms with Gasteiger partial charge in [-0.2, -0.15) is 0 Å². The summed E-state index contributed by atoms with van der Waals surface area (Å²) in [6.45, 7) is 2.33. The number of aliphatic hydroxyl groups is 2. The molecular formula is C15H20O5S. The number of thioether (sulfide) groups is 1. The van der Waals surface area contributed by atoms with Crippen LogP contribution in [0.2, 0.25) is 0 Å². The molecule has 0 radical (unpaired) electrons. The van der Waals surface area contributed by atoms with Gasteiger partial charge in [-0.3, -0.25) is 0 Å². The van der Waals surface area contributed by atoms with Crippen molar-refractivity contribution in [1.82, 2.24) is 0 Å². The van der Waals surface area contributed by atoms with Crippen LogP contribution in [0.4, 0.5) is 0 Å². The van der Waals surface area contributed by atoms with Crippen LogP contribution in [0.25, 0.3) is 0 Å². The zero-order valence-corrected chi connectivity index (χ0v) is 12.6. The summed E-state index contributed by atoms with van der Waals surface area (Å²) in [4.78, 5) is 0. The van der Waals surface area contributed by atoms with Crippen molar-refractivity contribution in [3.05, 3.63) is 35.9 Å². The lowest BCUT2D eigenvalue weighted by atomic mass is 9.99. The molecule has 0 amide bonds. The first kappa shape index (κ1) is 15.3. The van der Waals surface area contributed by atoms with E-state index in [1.807, 2.05) is 37.3 Å². The van der Waals surface area contributed by atoms with Crippen molar-refractivity contribution in [2.75, 3.05) is 12.4 Å². The minimum absolute atomic E-state index is 0.342. The smallest absolute Gasteiger partial charge is 0.184 e. The number of hydrogen-bond donors (Lipinski definition) is 2. The minimum Gasteiger partial charge on any atom is -0.387 e. The number of benzene rings is 1. The molecule has 2 heterocycles. The molecular weight excluding hydrogens is 292 g/mol. The summed E-state index contributed by atoms with van der Waals surface area (Å²) in [5.74, 6) is 0.806. The van der Waals surface area contributed by atoms with Gasteiger partial charge in [0.2, 0.25) is 0 Å². The topological polar surface area (TPSA) is 68.2 Å². The number of aliphatic hydroxyl groups excluding tert-OH is 2. The second-order valence-electron chi connectivity index (χ2n) is 5.16. The van der Waals surface area contributed by atoms with Crippen LogP contribution in [0.3, 0.4) is 0 Å². The Hall–Kier alpha value is -0.630. The molecule has 6 unspecified atom stereocenters. The predicted octanol–water partition coefficient (Wildman–Crippen LogP) is 1.30. The van der Waals surface area contributed by atoms with Crippen molar-refractivity contribution >= 4 is 11.8 Å². The molecule has 116 valence electrons. The van der Waals surface area contributed by atoms with Gasteiger partial charge in [-0.05, 0) is 5.75 Å². The predicted molar refractivity (Wildman–Crippen MR) is 78.8 cm³/mol. The number of hydrogen-bond acceptors (Lipinski definition) is 6. The Morgan fingerprint density at radius 2 is 1.90 bits per heavy atom. The largest absolute Gasteiger partial charge is 0.387 e. The molecule has 0 spiro atoms. The molecule has 2 aliphatic rings.